The van der Waals surface area contributed by atoms with E-state index in [0.29, 0.717) is 18.8 Å². The van der Waals surface area contributed by atoms with Gasteiger partial charge in [-0.1, -0.05) is 12.1 Å². The van der Waals surface area contributed by atoms with Crippen molar-refractivity contribution in [2.45, 2.75) is 31.7 Å². The summed E-state index contributed by atoms with van der Waals surface area (Å²) in [7, 11) is 2.96. The zero-order valence-corrected chi connectivity index (χ0v) is 12.3. The number of esters is 1. The van der Waals surface area contributed by atoms with Crippen LogP contribution in [0.1, 0.15) is 26.2 Å². The smallest absolute Gasteiger partial charge is 0.325 e. The molecule has 2 N–H and O–H groups in total. The van der Waals surface area contributed by atoms with E-state index in [1.54, 1.807) is 14.0 Å². The number of methoxy groups -OCH3 is 2. The second kappa shape index (κ2) is 7.75. The molecule has 0 radical (unpaired) electrons. The highest BCUT2D eigenvalue weighted by atomic mass is 16.5. The van der Waals surface area contributed by atoms with Crippen LogP contribution in [-0.4, -0.2) is 32.3 Å². The van der Waals surface area contributed by atoms with Crippen LogP contribution in [-0.2, 0) is 9.53 Å². The Morgan fingerprint density at radius 1 is 1.20 bits per heavy atom. The highest BCUT2D eigenvalue weighted by Crippen LogP contribution is 2.26. The Labute approximate surface area is 120 Å². The van der Waals surface area contributed by atoms with Crippen molar-refractivity contribution in [3.05, 3.63) is 24.3 Å². The van der Waals surface area contributed by atoms with Gasteiger partial charge in [0.05, 0.1) is 20.8 Å². The number of carbonyl (C=O) groups excluding carboxylic acids is 1. The minimum Gasteiger partial charge on any atom is -0.493 e. The van der Waals surface area contributed by atoms with Crippen molar-refractivity contribution in [2.24, 2.45) is 5.73 Å². The molecule has 0 amide bonds. The minimum absolute atomic E-state index is 0.386. The molecule has 5 heteroatoms. The molecule has 1 aromatic rings. The first-order chi connectivity index (χ1) is 9.51. The van der Waals surface area contributed by atoms with Gasteiger partial charge >= 0.3 is 5.97 Å². The van der Waals surface area contributed by atoms with E-state index in [0.717, 1.165) is 18.6 Å². The van der Waals surface area contributed by atoms with Gasteiger partial charge < -0.3 is 19.9 Å². The molecule has 0 heterocycles. The molecule has 0 spiro atoms. The molecule has 112 valence electrons. The van der Waals surface area contributed by atoms with E-state index in [9.17, 15) is 4.79 Å². The molecule has 0 fully saturated rings. The molecular formula is C15H23NO4. The molecule has 1 aromatic carbocycles. The average molecular weight is 281 g/mol. The van der Waals surface area contributed by atoms with Crippen molar-refractivity contribution < 1.29 is 19.0 Å². The van der Waals surface area contributed by atoms with E-state index in [2.05, 4.69) is 4.74 Å². The SMILES string of the molecule is COC(=O)C(C)(N)CCCCOc1ccccc1OC. The van der Waals surface area contributed by atoms with E-state index in [1.165, 1.54) is 7.11 Å². The Morgan fingerprint density at radius 2 is 1.85 bits per heavy atom. The Bertz CT molecular complexity index is 432. The summed E-state index contributed by atoms with van der Waals surface area (Å²) in [6.45, 7) is 2.23. The molecule has 0 aliphatic heterocycles. The summed E-state index contributed by atoms with van der Waals surface area (Å²) in [4.78, 5) is 11.4. The quantitative estimate of drug-likeness (QED) is 0.584. The Hall–Kier alpha value is -1.75. The van der Waals surface area contributed by atoms with Gasteiger partial charge in [0.1, 0.15) is 5.54 Å². The van der Waals surface area contributed by atoms with Crippen LogP contribution in [0, 0.1) is 0 Å². The van der Waals surface area contributed by atoms with Gasteiger partial charge in [0.15, 0.2) is 11.5 Å². The van der Waals surface area contributed by atoms with Gasteiger partial charge in [0.25, 0.3) is 0 Å². The number of hydrogen-bond acceptors (Lipinski definition) is 5. The lowest BCUT2D eigenvalue weighted by Crippen LogP contribution is -2.45. The first kappa shape index (κ1) is 16.3. The number of para-hydroxylation sites is 2. The zero-order chi connectivity index (χ0) is 15.0. The lowest BCUT2D eigenvalue weighted by atomic mass is 9.96. The minimum atomic E-state index is -0.931. The lowest BCUT2D eigenvalue weighted by Gasteiger charge is -2.21. The van der Waals surface area contributed by atoms with Crippen LogP contribution in [0.3, 0.4) is 0 Å². The molecule has 0 aliphatic rings. The number of carbonyl (C=O) groups is 1. The Balaban J connectivity index is 2.30. The fourth-order valence-electron chi connectivity index (χ4n) is 1.85. The van der Waals surface area contributed by atoms with Crippen molar-refractivity contribution in [1.82, 2.24) is 0 Å². The Morgan fingerprint density at radius 3 is 2.45 bits per heavy atom. The van der Waals surface area contributed by atoms with Crippen molar-refractivity contribution >= 4 is 5.97 Å². The number of ether oxygens (including phenoxy) is 3. The maximum absolute atomic E-state index is 11.4. The first-order valence-corrected chi connectivity index (χ1v) is 6.64. The third kappa shape index (κ3) is 4.74. The van der Waals surface area contributed by atoms with Crippen LogP contribution in [0.15, 0.2) is 24.3 Å². The number of benzene rings is 1. The molecule has 5 nitrogen and oxygen atoms in total. The van der Waals surface area contributed by atoms with Crippen molar-refractivity contribution in [3.63, 3.8) is 0 Å². The van der Waals surface area contributed by atoms with Crippen molar-refractivity contribution in [1.29, 1.82) is 0 Å². The van der Waals surface area contributed by atoms with Gasteiger partial charge in [0.2, 0.25) is 0 Å². The number of hydrogen-bond donors (Lipinski definition) is 1. The predicted octanol–water partition coefficient (Wildman–Crippen LogP) is 2.13. The molecule has 1 unspecified atom stereocenters. The zero-order valence-electron chi connectivity index (χ0n) is 12.3. The molecule has 0 aliphatic carbocycles. The molecule has 20 heavy (non-hydrogen) atoms. The molecule has 0 bridgehead atoms. The highest BCUT2D eigenvalue weighted by molar-refractivity contribution is 5.79. The molecule has 1 atom stereocenters. The molecule has 1 rings (SSSR count). The van der Waals surface area contributed by atoms with Gasteiger partial charge in [-0.3, -0.25) is 4.79 Å². The molecular weight excluding hydrogens is 258 g/mol. The summed E-state index contributed by atoms with van der Waals surface area (Å²) in [5, 5.41) is 0. The molecule has 0 saturated carbocycles. The second-order valence-corrected chi connectivity index (χ2v) is 4.87. The molecule has 0 aromatic heterocycles. The summed E-state index contributed by atoms with van der Waals surface area (Å²) < 4.78 is 15.5. The van der Waals surface area contributed by atoms with Crippen LogP contribution in [0.25, 0.3) is 0 Å². The summed E-state index contributed by atoms with van der Waals surface area (Å²) in [6.07, 6.45) is 2.16. The molecule has 0 saturated heterocycles. The van der Waals surface area contributed by atoms with Crippen molar-refractivity contribution in [2.75, 3.05) is 20.8 Å². The maximum Gasteiger partial charge on any atom is 0.325 e. The van der Waals surface area contributed by atoms with Gasteiger partial charge in [-0.25, -0.2) is 0 Å². The van der Waals surface area contributed by atoms with Crippen LogP contribution >= 0.6 is 0 Å². The van der Waals surface area contributed by atoms with Gasteiger partial charge in [-0.2, -0.15) is 0 Å². The second-order valence-electron chi connectivity index (χ2n) is 4.87. The standard InChI is InChI=1S/C15H23NO4/c1-15(16,14(17)19-3)10-6-7-11-20-13-9-5-4-8-12(13)18-2/h4-5,8-9H,6-7,10-11,16H2,1-3H3. The summed E-state index contributed by atoms with van der Waals surface area (Å²) >= 11 is 0. The largest absolute Gasteiger partial charge is 0.493 e. The Kier molecular flexibility index (Phi) is 6.31. The maximum atomic E-state index is 11.4. The van der Waals surface area contributed by atoms with E-state index in [4.69, 9.17) is 15.2 Å². The predicted molar refractivity (Wildman–Crippen MR) is 76.9 cm³/mol. The highest BCUT2D eigenvalue weighted by Gasteiger charge is 2.28. The fourth-order valence-corrected chi connectivity index (χ4v) is 1.85. The van der Waals surface area contributed by atoms with Crippen LogP contribution in [0.2, 0.25) is 0 Å². The summed E-state index contributed by atoms with van der Waals surface area (Å²) in [5.41, 5.74) is 4.94. The topological polar surface area (TPSA) is 70.8 Å². The normalized spacial score (nSPS) is 13.4. The van der Waals surface area contributed by atoms with E-state index in [-0.39, 0.29) is 5.97 Å². The fraction of sp³-hybridized carbons (Fsp3) is 0.533. The third-order valence-electron chi connectivity index (χ3n) is 3.07. The van der Waals surface area contributed by atoms with Gasteiger partial charge in [-0.05, 0) is 38.3 Å². The van der Waals surface area contributed by atoms with Gasteiger partial charge in [-0.15, -0.1) is 0 Å². The van der Waals surface area contributed by atoms with Crippen LogP contribution in [0.4, 0.5) is 0 Å². The number of unbranched alkanes of at least 4 members (excludes halogenated alkanes) is 1. The lowest BCUT2D eigenvalue weighted by molar-refractivity contribution is -0.146. The monoisotopic (exact) mass is 281 g/mol. The van der Waals surface area contributed by atoms with E-state index in [1.807, 2.05) is 24.3 Å². The first-order valence-electron chi connectivity index (χ1n) is 6.64. The van der Waals surface area contributed by atoms with E-state index >= 15 is 0 Å². The number of rotatable bonds is 8. The van der Waals surface area contributed by atoms with Gasteiger partial charge in [0, 0.05) is 0 Å². The number of nitrogens with two attached hydrogens (primary N) is 1. The van der Waals surface area contributed by atoms with E-state index < -0.39 is 5.54 Å². The summed E-state index contributed by atoms with van der Waals surface area (Å²) in [6, 6.07) is 7.50. The van der Waals surface area contributed by atoms with Crippen LogP contribution in [0.5, 0.6) is 11.5 Å². The summed E-state index contributed by atoms with van der Waals surface area (Å²) in [5.74, 6) is 1.05. The third-order valence-corrected chi connectivity index (χ3v) is 3.07. The average Bonchev–Trinajstić information content (AvgIpc) is 2.46. The van der Waals surface area contributed by atoms with Crippen molar-refractivity contribution in [3.8, 4) is 11.5 Å². The van der Waals surface area contributed by atoms with Crippen LogP contribution < -0.4 is 15.2 Å².